The Morgan fingerprint density at radius 1 is 1.24 bits per heavy atom. The largest absolute Gasteiger partial charge is 0.511 e. The summed E-state index contributed by atoms with van der Waals surface area (Å²) in [6.45, 7) is 3.91. The molecule has 2 atom stereocenters. The standard InChI is InChI=1S/C20H21ClF3NO9/c1-10-8-15-13(11(2)16(10)21)9-14(17(34-15)20(22,23)24)18(26)32-12(3)33-19(27)30-6-4-5-7-31-25(28)29/h8-9,12,17H,4-7H2,1-3H3/t12?,17-/m0/s1. The summed E-state index contributed by atoms with van der Waals surface area (Å²) in [7, 11) is 0. The first kappa shape index (κ1) is 27.0. The fourth-order valence-corrected chi connectivity index (χ4v) is 3.11. The summed E-state index contributed by atoms with van der Waals surface area (Å²) in [5.41, 5.74) is 0.262. The monoisotopic (exact) mass is 511 g/mol. The highest BCUT2D eigenvalue weighted by molar-refractivity contribution is 6.32. The Kier molecular flexibility index (Phi) is 8.96. The van der Waals surface area contributed by atoms with Gasteiger partial charge in [-0.2, -0.15) is 13.2 Å². The Balaban J connectivity index is 2.03. The molecule has 0 saturated carbocycles. The van der Waals surface area contributed by atoms with Crippen LogP contribution in [0.5, 0.6) is 5.75 Å². The predicted molar refractivity (Wildman–Crippen MR) is 110 cm³/mol. The van der Waals surface area contributed by atoms with Gasteiger partial charge in [0.25, 0.3) is 5.09 Å². The molecule has 188 valence electrons. The minimum atomic E-state index is -4.94. The van der Waals surface area contributed by atoms with Crippen LogP contribution in [0.25, 0.3) is 6.08 Å². The molecule has 1 heterocycles. The highest BCUT2D eigenvalue weighted by Gasteiger charge is 2.49. The van der Waals surface area contributed by atoms with Gasteiger partial charge in [0.2, 0.25) is 12.4 Å². The molecule has 0 spiro atoms. The number of benzene rings is 1. The molecule has 0 bridgehead atoms. The van der Waals surface area contributed by atoms with Crippen LogP contribution in [0.3, 0.4) is 0 Å². The van der Waals surface area contributed by atoms with Gasteiger partial charge in [0.15, 0.2) is 0 Å². The van der Waals surface area contributed by atoms with Crippen LogP contribution in [-0.4, -0.2) is 49.0 Å². The lowest BCUT2D eigenvalue weighted by Gasteiger charge is -2.29. The third-order valence-corrected chi connectivity index (χ3v) is 5.12. The van der Waals surface area contributed by atoms with Crippen molar-refractivity contribution in [3.05, 3.63) is 43.5 Å². The Labute approximate surface area is 196 Å². The number of nitrogens with zero attached hydrogens (tertiary/aromatic N) is 1. The molecule has 1 aliphatic rings. The normalized spacial score (nSPS) is 15.9. The maximum Gasteiger partial charge on any atom is 0.511 e. The van der Waals surface area contributed by atoms with Crippen LogP contribution < -0.4 is 4.74 Å². The molecular weight excluding hydrogens is 491 g/mol. The molecule has 0 amide bonds. The highest BCUT2D eigenvalue weighted by atomic mass is 35.5. The van der Waals surface area contributed by atoms with Crippen LogP contribution in [-0.2, 0) is 23.8 Å². The first-order chi connectivity index (χ1) is 15.8. The van der Waals surface area contributed by atoms with Crippen molar-refractivity contribution in [2.24, 2.45) is 0 Å². The molecule has 0 aliphatic carbocycles. The van der Waals surface area contributed by atoms with Crippen LogP contribution in [0.4, 0.5) is 18.0 Å². The minimum absolute atomic E-state index is 0.0882. The number of unbranched alkanes of at least 4 members (excludes halogenated alkanes) is 1. The second kappa shape index (κ2) is 11.3. The van der Waals surface area contributed by atoms with Crippen LogP contribution in [0.2, 0.25) is 5.02 Å². The molecule has 1 aromatic rings. The Hall–Kier alpha value is -3.22. The van der Waals surface area contributed by atoms with E-state index in [0.29, 0.717) is 16.1 Å². The third kappa shape index (κ3) is 7.14. The maximum absolute atomic E-state index is 13.6. The summed E-state index contributed by atoms with van der Waals surface area (Å²) in [6.07, 6.45) is -8.96. The number of aryl methyl sites for hydroxylation is 1. The average molecular weight is 512 g/mol. The van der Waals surface area contributed by atoms with Crippen molar-refractivity contribution in [3.8, 4) is 5.75 Å². The van der Waals surface area contributed by atoms with Gasteiger partial charge in [0.05, 0.1) is 18.8 Å². The number of carbonyl (C=O) groups is 2. The fraction of sp³-hybridized carbons (Fsp3) is 0.500. The van der Waals surface area contributed by atoms with Crippen molar-refractivity contribution in [1.29, 1.82) is 0 Å². The van der Waals surface area contributed by atoms with E-state index in [1.807, 2.05) is 0 Å². The van der Waals surface area contributed by atoms with E-state index in [2.05, 4.69) is 4.84 Å². The zero-order valence-corrected chi connectivity index (χ0v) is 19.0. The lowest BCUT2D eigenvalue weighted by Crippen LogP contribution is -2.41. The molecule has 1 unspecified atom stereocenters. The second-order valence-electron chi connectivity index (χ2n) is 7.14. The number of hydrogen-bond acceptors (Lipinski definition) is 9. The number of rotatable bonds is 9. The molecule has 14 heteroatoms. The molecule has 0 fully saturated rings. The number of alkyl halides is 3. The van der Waals surface area contributed by atoms with Crippen molar-refractivity contribution in [1.82, 2.24) is 0 Å². The minimum Gasteiger partial charge on any atom is -0.475 e. The topological polar surface area (TPSA) is 123 Å². The van der Waals surface area contributed by atoms with Gasteiger partial charge < -0.3 is 23.8 Å². The summed E-state index contributed by atoms with van der Waals surface area (Å²) in [4.78, 5) is 38.2. The summed E-state index contributed by atoms with van der Waals surface area (Å²) in [5, 5.41) is 9.35. The summed E-state index contributed by atoms with van der Waals surface area (Å²) >= 11 is 6.16. The van der Waals surface area contributed by atoms with Gasteiger partial charge in [0.1, 0.15) is 5.75 Å². The highest BCUT2D eigenvalue weighted by Crippen LogP contribution is 2.41. The molecule has 0 aromatic heterocycles. The van der Waals surface area contributed by atoms with E-state index in [1.165, 1.54) is 6.07 Å². The number of halogens is 4. The smallest absolute Gasteiger partial charge is 0.475 e. The number of esters is 1. The molecule has 10 nitrogen and oxygen atoms in total. The lowest BCUT2D eigenvalue weighted by molar-refractivity contribution is -0.757. The van der Waals surface area contributed by atoms with E-state index in [1.54, 1.807) is 13.8 Å². The zero-order valence-electron chi connectivity index (χ0n) is 18.3. The SMILES string of the molecule is Cc1cc2c(c(C)c1Cl)C=C(C(=O)OC(C)OC(=O)OCCCCO[N+](=O)[O-])[C@@H](C(F)(F)F)O2. The van der Waals surface area contributed by atoms with E-state index in [9.17, 15) is 32.9 Å². The van der Waals surface area contributed by atoms with E-state index in [4.69, 9.17) is 30.5 Å². The van der Waals surface area contributed by atoms with Crippen LogP contribution in [0, 0.1) is 24.0 Å². The van der Waals surface area contributed by atoms with Gasteiger partial charge >= 0.3 is 18.3 Å². The number of ether oxygens (including phenoxy) is 4. The van der Waals surface area contributed by atoms with Gasteiger partial charge in [-0.3, -0.25) is 0 Å². The van der Waals surface area contributed by atoms with Crippen LogP contribution in [0.15, 0.2) is 11.6 Å². The fourth-order valence-electron chi connectivity index (χ4n) is 2.96. The molecule has 1 aliphatic heterocycles. The molecule has 0 saturated heterocycles. The average Bonchev–Trinajstić information content (AvgIpc) is 2.72. The third-order valence-electron chi connectivity index (χ3n) is 4.54. The van der Waals surface area contributed by atoms with E-state index < -0.39 is 41.4 Å². The Bertz CT molecular complexity index is 981. The summed E-state index contributed by atoms with van der Waals surface area (Å²) < 4.78 is 60.1. The second-order valence-corrected chi connectivity index (χ2v) is 7.51. The number of fused-ring (bicyclic) bond motifs is 1. The molecule has 0 radical (unpaired) electrons. The van der Waals surface area contributed by atoms with Crippen molar-refractivity contribution >= 4 is 29.8 Å². The van der Waals surface area contributed by atoms with Gasteiger partial charge in [-0.15, -0.1) is 10.1 Å². The molecular formula is C20H21ClF3NO9. The number of carbonyl (C=O) groups excluding carboxylic acids is 2. The van der Waals surface area contributed by atoms with Crippen molar-refractivity contribution in [3.63, 3.8) is 0 Å². The number of hydrogen-bond donors (Lipinski definition) is 0. The van der Waals surface area contributed by atoms with Gasteiger partial charge in [-0.05, 0) is 50.0 Å². The Morgan fingerprint density at radius 3 is 2.50 bits per heavy atom. The van der Waals surface area contributed by atoms with Crippen molar-refractivity contribution < 1.29 is 51.6 Å². The van der Waals surface area contributed by atoms with Gasteiger partial charge in [-0.25, -0.2) is 9.59 Å². The molecule has 2 rings (SSSR count). The quantitative estimate of drug-likeness (QED) is 0.153. The van der Waals surface area contributed by atoms with Gasteiger partial charge in [0, 0.05) is 17.5 Å². The first-order valence-corrected chi connectivity index (χ1v) is 10.3. The predicted octanol–water partition coefficient (Wildman–Crippen LogP) is 4.69. The van der Waals surface area contributed by atoms with Crippen LogP contribution >= 0.6 is 11.6 Å². The van der Waals surface area contributed by atoms with Crippen molar-refractivity contribution in [2.75, 3.05) is 13.2 Å². The summed E-state index contributed by atoms with van der Waals surface area (Å²) in [5.74, 6) is -1.50. The molecule has 0 N–H and O–H groups in total. The first-order valence-electron chi connectivity index (χ1n) is 9.87. The zero-order chi connectivity index (χ0) is 25.6. The van der Waals surface area contributed by atoms with E-state index in [0.717, 1.165) is 13.0 Å². The van der Waals surface area contributed by atoms with Gasteiger partial charge in [-0.1, -0.05) is 11.6 Å². The summed E-state index contributed by atoms with van der Waals surface area (Å²) in [6, 6.07) is 1.34. The van der Waals surface area contributed by atoms with E-state index >= 15 is 0 Å². The molecule has 34 heavy (non-hydrogen) atoms. The van der Waals surface area contributed by atoms with Crippen molar-refractivity contribution in [2.45, 2.75) is 52.2 Å². The van der Waals surface area contributed by atoms with Crippen LogP contribution in [0.1, 0.15) is 36.5 Å². The van der Waals surface area contributed by atoms with E-state index in [-0.39, 0.29) is 37.4 Å². The molecule has 1 aromatic carbocycles. The lowest BCUT2D eigenvalue weighted by atomic mass is 9.96. The maximum atomic E-state index is 13.6. The Morgan fingerprint density at radius 2 is 1.88 bits per heavy atom.